The lowest BCUT2D eigenvalue weighted by Gasteiger charge is -2.12. The van der Waals surface area contributed by atoms with Crippen molar-refractivity contribution in [2.24, 2.45) is 5.92 Å². The van der Waals surface area contributed by atoms with Crippen molar-refractivity contribution >= 4 is 11.6 Å². The van der Waals surface area contributed by atoms with Crippen LogP contribution in [0.4, 0.5) is 0 Å². The van der Waals surface area contributed by atoms with Gasteiger partial charge in [-0.1, -0.05) is 0 Å². The fraction of sp³-hybridized carbons (Fsp3) is 0.350. The zero-order valence-electron chi connectivity index (χ0n) is 15.2. The maximum atomic E-state index is 12.7. The molecular weight excluding hydrogens is 344 g/mol. The molecule has 1 atom stereocenters. The van der Waals surface area contributed by atoms with Gasteiger partial charge in [0.1, 0.15) is 6.33 Å². The number of imidazole rings is 1. The average molecular weight is 364 g/mol. The highest BCUT2D eigenvalue weighted by molar-refractivity contribution is 5.98. The molecule has 2 aliphatic rings. The maximum Gasteiger partial charge on any atom is 0.274 e. The molecular formula is C20H20N4O3. The van der Waals surface area contributed by atoms with Crippen LogP contribution in [-0.4, -0.2) is 33.1 Å². The molecule has 1 aliphatic carbocycles. The first-order chi connectivity index (χ1) is 13.1. The molecule has 138 valence electrons. The number of aryl methyl sites for hydroxylation is 1. The number of ether oxygens (including phenoxy) is 2. The van der Waals surface area contributed by atoms with Crippen LogP contribution in [0.15, 0.2) is 30.6 Å². The van der Waals surface area contributed by atoms with Crippen molar-refractivity contribution in [2.45, 2.75) is 32.7 Å². The quantitative estimate of drug-likeness (QED) is 0.770. The van der Waals surface area contributed by atoms with Crippen LogP contribution in [0.5, 0.6) is 11.5 Å². The summed E-state index contributed by atoms with van der Waals surface area (Å²) in [6.07, 6.45) is 4.01. The normalized spacial score (nSPS) is 16.5. The van der Waals surface area contributed by atoms with Crippen molar-refractivity contribution in [1.29, 1.82) is 0 Å². The topological polar surface area (TPSA) is 77.8 Å². The molecule has 2 aromatic heterocycles. The first-order valence-electron chi connectivity index (χ1n) is 9.16. The summed E-state index contributed by atoms with van der Waals surface area (Å²) in [4.78, 5) is 21.8. The monoisotopic (exact) mass is 364 g/mol. The molecule has 0 saturated heterocycles. The van der Waals surface area contributed by atoms with E-state index in [-0.39, 0.29) is 18.7 Å². The second kappa shape index (κ2) is 5.97. The molecule has 27 heavy (non-hydrogen) atoms. The van der Waals surface area contributed by atoms with E-state index in [0.29, 0.717) is 23.0 Å². The van der Waals surface area contributed by atoms with Gasteiger partial charge in [0.2, 0.25) is 6.79 Å². The summed E-state index contributed by atoms with van der Waals surface area (Å²) in [7, 11) is 0. The van der Waals surface area contributed by atoms with Gasteiger partial charge in [-0.15, -0.1) is 0 Å². The largest absolute Gasteiger partial charge is 0.454 e. The van der Waals surface area contributed by atoms with Crippen molar-refractivity contribution in [1.82, 2.24) is 19.7 Å². The number of hydrogen-bond donors (Lipinski definition) is 1. The zero-order valence-corrected chi connectivity index (χ0v) is 15.2. The second-order valence-corrected chi connectivity index (χ2v) is 7.24. The van der Waals surface area contributed by atoms with Crippen LogP contribution >= 0.6 is 0 Å². The summed E-state index contributed by atoms with van der Waals surface area (Å²) in [5, 5.41) is 3.06. The van der Waals surface area contributed by atoms with Crippen LogP contribution < -0.4 is 14.8 Å². The van der Waals surface area contributed by atoms with Gasteiger partial charge in [0.05, 0.1) is 5.69 Å². The highest BCUT2D eigenvalue weighted by atomic mass is 16.7. The number of aromatic nitrogens is 3. The Morgan fingerprint density at radius 2 is 2.07 bits per heavy atom. The van der Waals surface area contributed by atoms with Crippen molar-refractivity contribution in [3.8, 4) is 22.8 Å². The maximum absolute atomic E-state index is 12.7. The lowest BCUT2D eigenvalue weighted by molar-refractivity contribution is 0.0933. The van der Waals surface area contributed by atoms with Gasteiger partial charge in [0.15, 0.2) is 22.8 Å². The molecule has 1 unspecified atom stereocenters. The van der Waals surface area contributed by atoms with Crippen LogP contribution in [0.2, 0.25) is 0 Å². The summed E-state index contributed by atoms with van der Waals surface area (Å²) in [5.41, 5.74) is 3.54. The van der Waals surface area contributed by atoms with Gasteiger partial charge in [-0.05, 0) is 56.9 Å². The number of nitrogens with zero attached hydrogens (tertiary/aromatic N) is 3. The SMILES string of the molecule is Cc1cc(-c2ccc3c(c2)OCO3)nc2c(C(=O)NC(C)C3CC3)ncn12. The Bertz CT molecular complexity index is 1050. The Hall–Kier alpha value is -3.09. The molecule has 1 aromatic carbocycles. The van der Waals surface area contributed by atoms with Crippen molar-refractivity contribution < 1.29 is 14.3 Å². The number of benzene rings is 1. The fourth-order valence-electron chi connectivity index (χ4n) is 3.47. The lowest BCUT2D eigenvalue weighted by atomic mass is 10.1. The highest BCUT2D eigenvalue weighted by Crippen LogP contribution is 2.36. The van der Waals surface area contributed by atoms with E-state index in [0.717, 1.165) is 22.7 Å². The minimum absolute atomic E-state index is 0.160. The van der Waals surface area contributed by atoms with Gasteiger partial charge in [-0.3, -0.25) is 9.20 Å². The van der Waals surface area contributed by atoms with Crippen LogP contribution in [0.25, 0.3) is 16.9 Å². The van der Waals surface area contributed by atoms with Crippen molar-refractivity contribution in [3.05, 3.63) is 42.0 Å². The number of amides is 1. The second-order valence-electron chi connectivity index (χ2n) is 7.24. The molecule has 0 spiro atoms. The Morgan fingerprint density at radius 1 is 1.26 bits per heavy atom. The summed E-state index contributed by atoms with van der Waals surface area (Å²) < 4.78 is 12.7. The van der Waals surface area contributed by atoms with E-state index < -0.39 is 0 Å². The number of carbonyl (C=O) groups excluding carboxylic acids is 1. The summed E-state index contributed by atoms with van der Waals surface area (Å²) >= 11 is 0. The standard InChI is InChI=1S/C20H20N4O3/c1-11-7-15(14-5-6-16-17(8-14)27-10-26-16)23-19-18(21-9-24(11)19)20(25)22-12(2)13-3-4-13/h5-9,12-13H,3-4,10H2,1-2H3,(H,22,25). The molecule has 3 heterocycles. The number of nitrogens with one attached hydrogen (secondary N) is 1. The smallest absolute Gasteiger partial charge is 0.274 e. The molecule has 1 saturated carbocycles. The Balaban J connectivity index is 1.54. The Labute approximate surface area is 156 Å². The average Bonchev–Trinajstić information content (AvgIpc) is 3.25. The van der Waals surface area contributed by atoms with E-state index in [9.17, 15) is 4.79 Å². The van der Waals surface area contributed by atoms with E-state index in [2.05, 4.69) is 10.3 Å². The molecule has 7 nitrogen and oxygen atoms in total. The fourth-order valence-corrected chi connectivity index (χ4v) is 3.47. The van der Waals surface area contributed by atoms with Gasteiger partial charge in [-0.2, -0.15) is 0 Å². The summed E-state index contributed by atoms with van der Waals surface area (Å²) in [5.74, 6) is 1.85. The molecule has 3 aromatic rings. The number of rotatable bonds is 4. The molecule has 1 N–H and O–H groups in total. The van der Waals surface area contributed by atoms with E-state index in [4.69, 9.17) is 14.5 Å². The first kappa shape index (κ1) is 16.1. The first-order valence-corrected chi connectivity index (χ1v) is 9.16. The van der Waals surface area contributed by atoms with Crippen LogP contribution in [0.3, 0.4) is 0 Å². The number of hydrogen-bond acceptors (Lipinski definition) is 5. The van der Waals surface area contributed by atoms with Gasteiger partial charge in [0.25, 0.3) is 5.91 Å². The third-order valence-electron chi connectivity index (χ3n) is 5.27. The lowest BCUT2D eigenvalue weighted by Crippen LogP contribution is -2.34. The predicted octanol–water partition coefficient (Wildman–Crippen LogP) is 2.96. The van der Waals surface area contributed by atoms with Gasteiger partial charge >= 0.3 is 0 Å². The number of carbonyl (C=O) groups is 1. The summed E-state index contributed by atoms with van der Waals surface area (Å²) in [6.45, 7) is 4.25. The molecule has 1 fully saturated rings. The predicted molar refractivity (Wildman–Crippen MR) is 98.9 cm³/mol. The molecule has 0 radical (unpaired) electrons. The van der Waals surface area contributed by atoms with Crippen molar-refractivity contribution in [3.63, 3.8) is 0 Å². The molecule has 7 heteroatoms. The van der Waals surface area contributed by atoms with Crippen molar-refractivity contribution in [2.75, 3.05) is 6.79 Å². The van der Waals surface area contributed by atoms with Crippen LogP contribution in [0.1, 0.15) is 35.9 Å². The van der Waals surface area contributed by atoms with Gasteiger partial charge in [-0.25, -0.2) is 9.97 Å². The van der Waals surface area contributed by atoms with Gasteiger partial charge < -0.3 is 14.8 Å². The zero-order chi connectivity index (χ0) is 18.5. The Morgan fingerprint density at radius 3 is 2.89 bits per heavy atom. The molecule has 1 aliphatic heterocycles. The van der Waals surface area contributed by atoms with E-state index >= 15 is 0 Å². The third-order valence-corrected chi connectivity index (χ3v) is 5.27. The minimum Gasteiger partial charge on any atom is -0.454 e. The third kappa shape index (κ3) is 2.79. The van der Waals surface area contributed by atoms with E-state index in [1.165, 1.54) is 12.8 Å². The molecule has 0 bridgehead atoms. The Kier molecular flexibility index (Phi) is 3.56. The van der Waals surface area contributed by atoms with Crippen LogP contribution in [0, 0.1) is 12.8 Å². The highest BCUT2D eigenvalue weighted by Gasteiger charge is 2.30. The molecule has 5 rings (SSSR count). The summed E-state index contributed by atoms with van der Waals surface area (Å²) in [6, 6.07) is 7.86. The number of fused-ring (bicyclic) bond motifs is 2. The van der Waals surface area contributed by atoms with E-state index in [1.54, 1.807) is 6.33 Å². The minimum atomic E-state index is -0.174. The van der Waals surface area contributed by atoms with Gasteiger partial charge in [0, 0.05) is 17.3 Å². The van der Waals surface area contributed by atoms with Crippen LogP contribution in [-0.2, 0) is 0 Å². The molecule has 1 amide bonds. The van der Waals surface area contributed by atoms with E-state index in [1.807, 2.05) is 42.5 Å².